The van der Waals surface area contributed by atoms with Gasteiger partial charge in [0.05, 0.1) is 7.11 Å². The molecule has 111 valence electrons. The number of amides is 1. The van der Waals surface area contributed by atoms with Crippen LogP contribution in [0.15, 0.2) is 0 Å². The molecular formula is C13H24ClN2O3. The van der Waals surface area contributed by atoms with Crippen LogP contribution in [-0.4, -0.2) is 43.0 Å². The highest BCUT2D eigenvalue weighted by Crippen LogP contribution is 2.24. The second-order valence-electron chi connectivity index (χ2n) is 6.03. The average molecular weight is 292 g/mol. The van der Waals surface area contributed by atoms with E-state index in [1.165, 1.54) is 12.0 Å². The standard InChI is InChI=1S/C13H24ClN2O3/c1-8(2)9(12(18)19-7)16(6)11(17)10(15-14)13(3,4)5/h8-10H,1-7H3/t9-,10?/m0/s1. The second kappa shape index (κ2) is 7.10. The van der Waals surface area contributed by atoms with Crippen LogP contribution in [0.5, 0.6) is 0 Å². The molecule has 0 rings (SSSR count). The monoisotopic (exact) mass is 291 g/mol. The number of carbonyl (C=O) groups is 2. The molecule has 5 nitrogen and oxygen atoms in total. The van der Waals surface area contributed by atoms with Gasteiger partial charge in [-0.15, -0.1) is 4.84 Å². The predicted molar refractivity (Wildman–Crippen MR) is 74.6 cm³/mol. The van der Waals surface area contributed by atoms with Gasteiger partial charge in [-0.25, -0.2) is 4.79 Å². The van der Waals surface area contributed by atoms with Gasteiger partial charge in [-0.05, 0) is 23.1 Å². The summed E-state index contributed by atoms with van der Waals surface area (Å²) >= 11 is 5.55. The van der Waals surface area contributed by atoms with Crippen LogP contribution < -0.4 is 4.84 Å². The minimum absolute atomic E-state index is 0.0580. The summed E-state index contributed by atoms with van der Waals surface area (Å²) in [7, 11) is 2.88. The van der Waals surface area contributed by atoms with Crippen LogP contribution in [0, 0.1) is 11.3 Å². The molecule has 6 heteroatoms. The van der Waals surface area contributed by atoms with E-state index >= 15 is 0 Å². The molecule has 0 aliphatic carbocycles. The summed E-state index contributed by atoms with van der Waals surface area (Å²) in [6.07, 6.45) is 0. The fourth-order valence-corrected chi connectivity index (χ4v) is 2.26. The van der Waals surface area contributed by atoms with E-state index in [-0.39, 0.29) is 11.8 Å². The van der Waals surface area contributed by atoms with E-state index < -0.39 is 23.5 Å². The lowest BCUT2D eigenvalue weighted by molar-refractivity contribution is -0.155. The zero-order valence-electron chi connectivity index (χ0n) is 12.7. The molecule has 2 atom stereocenters. The summed E-state index contributed by atoms with van der Waals surface area (Å²) in [5, 5.41) is 0. The quantitative estimate of drug-likeness (QED) is 0.726. The Kier molecular flexibility index (Phi) is 6.80. The number of likely N-dealkylation sites (N-methyl/N-ethyl adjacent to an activating group) is 1. The van der Waals surface area contributed by atoms with Gasteiger partial charge in [0.15, 0.2) is 0 Å². The third kappa shape index (κ3) is 4.66. The third-order valence-electron chi connectivity index (χ3n) is 2.99. The van der Waals surface area contributed by atoms with Crippen LogP contribution in [-0.2, 0) is 14.3 Å². The van der Waals surface area contributed by atoms with Crippen LogP contribution in [0.3, 0.4) is 0 Å². The van der Waals surface area contributed by atoms with Crippen LogP contribution in [0.1, 0.15) is 34.6 Å². The number of hydrogen-bond donors (Lipinski definition) is 0. The van der Waals surface area contributed by atoms with E-state index in [1.807, 2.05) is 34.6 Å². The predicted octanol–water partition coefficient (Wildman–Crippen LogP) is 1.82. The largest absolute Gasteiger partial charge is 0.467 e. The average Bonchev–Trinajstić information content (AvgIpc) is 2.27. The van der Waals surface area contributed by atoms with Crippen molar-refractivity contribution in [2.75, 3.05) is 14.2 Å². The molecule has 0 aromatic rings. The molecule has 1 unspecified atom stereocenters. The van der Waals surface area contributed by atoms with Crippen molar-refractivity contribution in [2.45, 2.75) is 46.7 Å². The first-order valence-corrected chi connectivity index (χ1v) is 6.57. The second-order valence-corrected chi connectivity index (χ2v) is 6.22. The van der Waals surface area contributed by atoms with Crippen molar-refractivity contribution >= 4 is 23.7 Å². The number of rotatable bonds is 5. The van der Waals surface area contributed by atoms with Crippen molar-refractivity contribution < 1.29 is 14.3 Å². The van der Waals surface area contributed by atoms with Gasteiger partial charge in [-0.2, -0.15) is 0 Å². The van der Waals surface area contributed by atoms with E-state index in [9.17, 15) is 9.59 Å². The normalized spacial score (nSPS) is 15.0. The molecular weight excluding hydrogens is 268 g/mol. The first kappa shape index (κ1) is 18.2. The molecule has 0 saturated heterocycles. The summed E-state index contributed by atoms with van der Waals surface area (Å²) in [5.41, 5.74) is -0.412. The fourth-order valence-electron chi connectivity index (χ4n) is 1.89. The number of hydrogen-bond acceptors (Lipinski definition) is 3. The van der Waals surface area contributed by atoms with Crippen LogP contribution in [0.4, 0.5) is 0 Å². The van der Waals surface area contributed by atoms with Crippen molar-refractivity contribution in [2.24, 2.45) is 11.3 Å². The van der Waals surface area contributed by atoms with Gasteiger partial charge in [0.25, 0.3) is 0 Å². The highest BCUT2D eigenvalue weighted by molar-refractivity contribution is 6.15. The van der Waals surface area contributed by atoms with Crippen LogP contribution in [0.2, 0.25) is 0 Å². The van der Waals surface area contributed by atoms with E-state index in [0.717, 1.165) is 0 Å². The molecule has 0 spiro atoms. The SMILES string of the molecule is COC(=O)[C@H](C(C)C)N(C)C(=O)C([N]Cl)C(C)(C)C. The molecule has 0 N–H and O–H groups in total. The first-order chi connectivity index (χ1) is 8.57. The Morgan fingerprint density at radius 1 is 1.26 bits per heavy atom. The molecule has 0 heterocycles. The molecule has 0 bridgehead atoms. The molecule has 19 heavy (non-hydrogen) atoms. The maximum Gasteiger partial charge on any atom is 0.328 e. The summed E-state index contributed by atoms with van der Waals surface area (Å²) in [6.45, 7) is 9.33. The molecule has 0 aliphatic heterocycles. The van der Waals surface area contributed by atoms with Gasteiger partial charge in [-0.3, -0.25) is 4.79 Å². The lowest BCUT2D eigenvalue weighted by Gasteiger charge is -2.35. The zero-order chi connectivity index (χ0) is 15.4. The summed E-state index contributed by atoms with van der Waals surface area (Å²) < 4.78 is 4.75. The van der Waals surface area contributed by atoms with Crippen molar-refractivity contribution in [3.63, 3.8) is 0 Å². The van der Waals surface area contributed by atoms with E-state index in [2.05, 4.69) is 4.84 Å². The van der Waals surface area contributed by atoms with Crippen LogP contribution in [0.25, 0.3) is 0 Å². The van der Waals surface area contributed by atoms with Gasteiger partial charge in [0, 0.05) is 7.05 Å². The lowest BCUT2D eigenvalue weighted by atomic mass is 9.86. The first-order valence-electron chi connectivity index (χ1n) is 6.23. The number of halogens is 1. The molecule has 1 radical (unpaired) electrons. The fraction of sp³-hybridized carbons (Fsp3) is 0.846. The van der Waals surface area contributed by atoms with Crippen molar-refractivity contribution in [1.82, 2.24) is 9.74 Å². The smallest absolute Gasteiger partial charge is 0.328 e. The molecule has 0 fully saturated rings. The maximum absolute atomic E-state index is 12.4. The maximum atomic E-state index is 12.4. The highest BCUT2D eigenvalue weighted by atomic mass is 35.5. The van der Waals surface area contributed by atoms with E-state index in [4.69, 9.17) is 16.5 Å². The molecule has 0 saturated carbocycles. The Labute approximate surface area is 120 Å². The van der Waals surface area contributed by atoms with Gasteiger partial charge in [0.2, 0.25) is 5.91 Å². The minimum Gasteiger partial charge on any atom is -0.467 e. The highest BCUT2D eigenvalue weighted by Gasteiger charge is 2.39. The molecule has 0 aromatic heterocycles. The Hall–Kier alpha value is -0.810. The number of ether oxygens (including phenoxy) is 1. The molecule has 0 aromatic carbocycles. The molecule has 0 aliphatic rings. The van der Waals surface area contributed by atoms with Gasteiger partial charge >= 0.3 is 5.97 Å². The summed E-state index contributed by atoms with van der Waals surface area (Å²) in [4.78, 5) is 29.2. The number of nitrogens with zero attached hydrogens (tertiary/aromatic N) is 2. The van der Waals surface area contributed by atoms with Crippen molar-refractivity contribution in [3.8, 4) is 0 Å². The summed E-state index contributed by atoms with van der Waals surface area (Å²) in [5.74, 6) is -0.781. The van der Waals surface area contributed by atoms with E-state index in [1.54, 1.807) is 7.05 Å². The Morgan fingerprint density at radius 2 is 1.74 bits per heavy atom. The third-order valence-corrected chi connectivity index (χ3v) is 3.19. The number of methoxy groups -OCH3 is 1. The lowest BCUT2D eigenvalue weighted by Crippen LogP contribution is -2.54. The van der Waals surface area contributed by atoms with Gasteiger partial charge in [-0.1, -0.05) is 34.6 Å². The number of esters is 1. The number of carbonyl (C=O) groups excluding carboxylic acids is 2. The van der Waals surface area contributed by atoms with Crippen molar-refractivity contribution in [1.29, 1.82) is 0 Å². The Bertz CT molecular complexity index is 326. The van der Waals surface area contributed by atoms with Gasteiger partial charge < -0.3 is 9.64 Å². The Morgan fingerprint density at radius 3 is 2.00 bits per heavy atom. The van der Waals surface area contributed by atoms with Crippen LogP contribution >= 0.6 is 11.8 Å². The van der Waals surface area contributed by atoms with E-state index in [0.29, 0.717) is 0 Å². The Balaban J connectivity index is 5.20. The minimum atomic E-state index is -0.704. The zero-order valence-corrected chi connectivity index (χ0v) is 13.5. The van der Waals surface area contributed by atoms with Crippen molar-refractivity contribution in [3.05, 3.63) is 0 Å². The molecule has 1 amide bonds. The topological polar surface area (TPSA) is 60.7 Å². The summed E-state index contributed by atoms with van der Waals surface area (Å²) in [6, 6.07) is -1.34. The van der Waals surface area contributed by atoms with Gasteiger partial charge in [0.1, 0.15) is 12.1 Å².